The molecule has 1 N–H and O–H groups in total. The molecule has 0 bridgehead atoms. The molecule has 5 rings (SSSR count). The van der Waals surface area contributed by atoms with Crippen molar-refractivity contribution in [3.05, 3.63) is 101 Å². The van der Waals surface area contributed by atoms with Gasteiger partial charge in [-0.3, -0.25) is 14.5 Å². The number of Topliss-reactive ketones (excluding diaryl/α,β-unsaturated/α-hetero) is 1. The van der Waals surface area contributed by atoms with Crippen LogP contribution in [-0.2, 0) is 16.0 Å². The van der Waals surface area contributed by atoms with Gasteiger partial charge in [0.25, 0.3) is 5.78 Å². The van der Waals surface area contributed by atoms with E-state index in [1.54, 1.807) is 24.3 Å². The highest BCUT2D eigenvalue weighted by atomic mass is 32.1. The van der Waals surface area contributed by atoms with Crippen molar-refractivity contribution < 1.29 is 19.1 Å². The molecule has 1 fully saturated rings. The third kappa shape index (κ3) is 3.60. The first-order chi connectivity index (χ1) is 16.0. The highest BCUT2D eigenvalue weighted by Crippen LogP contribution is 2.44. The Labute approximate surface area is 193 Å². The number of hydrogen-bond donors (Lipinski definition) is 1. The second-order valence-corrected chi connectivity index (χ2v) is 8.75. The zero-order chi connectivity index (χ0) is 23.1. The first-order valence-corrected chi connectivity index (χ1v) is 11.3. The smallest absolute Gasteiger partial charge is 0.301 e. The number of carbonyl (C=O) groups excluding carboxylic acids is 2. The van der Waals surface area contributed by atoms with Crippen molar-refractivity contribution in [3.8, 4) is 0 Å². The number of amides is 1. The number of rotatable bonds is 4. The van der Waals surface area contributed by atoms with E-state index in [1.165, 1.54) is 40.5 Å². The molecule has 2 heterocycles. The molecular weight excluding hydrogens is 439 g/mol. The number of aliphatic hydroxyl groups excluding tert-OH is 1. The van der Waals surface area contributed by atoms with Gasteiger partial charge in [0.1, 0.15) is 11.6 Å². The number of thiazole rings is 1. The van der Waals surface area contributed by atoms with Crippen LogP contribution in [0.2, 0.25) is 0 Å². The zero-order valence-electron chi connectivity index (χ0n) is 17.7. The zero-order valence-corrected chi connectivity index (χ0v) is 18.5. The SMILES string of the molecule is CCc1ccc2nc(N3C(=O)C(=O)/C(=C(/O)c4ccc(F)cc4)[C@H]3c3ccccc3)sc2c1. The molecule has 0 saturated carbocycles. The minimum absolute atomic E-state index is 0.0497. The maximum Gasteiger partial charge on any atom is 0.301 e. The van der Waals surface area contributed by atoms with E-state index in [4.69, 9.17) is 0 Å². The van der Waals surface area contributed by atoms with Crippen molar-refractivity contribution in [1.29, 1.82) is 0 Å². The van der Waals surface area contributed by atoms with Gasteiger partial charge in [-0.25, -0.2) is 9.37 Å². The minimum Gasteiger partial charge on any atom is -0.507 e. The summed E-state index contributed by atoms with van der Waals surface area (Å²) in [5.74, 6) is -2.38. The third-order valence-electron chi connectivity index (χ3n) is 5.73. The van der Waals surface area contributed by atoms with E-state index < -0.39 is 23.5 Å². The molecule has 164 valence electrons. The Morgan fingerprint density at radius 2 is 1.79 bits per heavy atom. The van der Waals surface area contributed by atoms with Crippen molar-refractivity contribution in [2.45, 2.75) is 19.4 Å². The molecule has 0 unspecified atom stereocenters. The second kappa shape index (κ2) is 8.26. The first kappa shape index (κ1) is 21.0. The van der Waals surface area contributed by atoms with E-state index in [0.29, 0.717) is 10.7 Å². The monoisotopic (exact) mass is 458 g/mol. The van der Waals surface area contributed by atoms with Crippen molar-refractivity contribution in [2.75, 3.05) is 4.90 Å². The highest BCUT2D eigenvalue weighted by molar-refractivity contribution is 7.22. The Morgan fingerprint density at radius 1 is 1.06 bits per heavy atom. The first-order valence-electron chi connectivity index (χ1n) is 10.5. The highest BCUT2D eigenvalue weighted by Gasteiger charge is 2.48. The van der Waals surface area contributed by atoms with Gasteiger partial charge < -0.3 is 5.11 Å². The standard InChI is InChI=1S/C26H19FN2O3S/c1-2-15-8-13-19-20(14-15)33-26(28-19)29-22(16-6-4-3-5-7-16)21(24(31)25(29)32)23(30)17-9-11-18(27)12-10-17/h3-14,22,30H,2H2,1H3/b23-21+/t22-/m1/s1. The number of benzene rings is 3. The average molecular weight is 459 g/mol. The van der Waals surface area contributed by atoms with Gasteiger partial charge in [0, 0.05) is 5.56 Å². The van der Waals surface area contributed by atoms with Crippen LogP contribution in [0.5, 0.6) is 0 Å². The second-order valence-electron chi connectivity index (χ2n) is 7.74. The average Bonchev–Trinajstić information content (AvgIpc) is 3.37. The van der Waals surface area contributed by atoms with Crippen LogP contribution in [0.25, 0.3) is 16.0 Å². The Hall–Kier alpha value is -3.84. The van der Waals surface area contributed by atoms with Gasteiger partial charge in [0.05, 0.1) is 21.8 Å². The Morgan fingerprint density at radius 3 is 2.48 bits per heavy atom. The summed E-state index contributed by atoms with van der Waals surface area (Å²) in [6, 6.07) is 19.2. The number of aliphatic hydroxyl groups is 1. The summed E-state index contributed by atoms with van der Waals surface area (Å²) in [6.45, 7) is 2.06. The van der Waals surface area contributed by atoms with Gasteiger partial charge in [-0.05, 0) is 53.9 Å². The molecular formula is C26H19FN2O3S. The summed E-state index contributed by atoms with van der Waals surface area (Å²) in [5, 5.41) is 11.4. The number of carbonyl (C=O) groups is 2. The van der Waals surface area contributed by atoms with E-state index in [0.717, 1.165) is 22.2 Å². The van der Waals surface area contributed by atoms with E-state index in [9.17, 15) is 19.1 Å². The normalized spacial score (nSPS) is 17.8. The fraction of sp³-hybridized carbons (Fsp3) is 0.115. The van der Waals surface area contributed by atoms with Crippen molar-refractivity contribution in [1.82, 2.24) is 4.98 Å². The molecule has 1 atom stereocenters. The topological polar surface area (TPSA) is 70.5 Å². The number of anilines is 1. The van der Waals surface area contributed by atoms with Gasteiger partial charge in [0.2, 0.25) is 0 Å². The summed E-state index contributed by atoms with van der Waals surface area (Å²) in [5.41, 5.74) is 2.75. The molecule has 3 aromatic carbocycles. The molecule has 1 saturated heterocycles. The number of nitrogens with zero attached hydrogens (tertiary/aromatic N) is 2. The number of fused-ring (bicyclic) bond motifs is 1. The predicted molar refractivity (Wildman–Crippen MR) is 127 cm³/mol. The summed E-state index contributed by atoms with van der Waals surface area (Å²) in [7, 11) is 0. The van der Waals surface area contributed by atoms with Crippen LogP contribution in [0.3, 0.4) is 0 Å². The number of aryl methyl sites for hydroxylation is 1. The van der Waals surface area contributed by atoms with Gasteiger partial charge in [-0.2, -0.15) is 0 Å². The molecule has 7 heteroatoms. The molecule has 1 aliphatic rings. The number of hydrogen-bond acceptors (Lipinski definition) is 5. The molecule has 1 aliphatic heterocycles. The van der Waals surface area contributed by atoms with Crippen LogP contribution >= 0.6 is 11.3 Å². The number of aromatic nitrogens is 1. The molecule has 0 spiro atoms. The predicted octanol–water partition coefficient (Wildman–Crippen LogP) is 5.62. The maximum absolute atomic E-state index is 13.4. The minimum atomic E-state index is -0.859. The Balaban J connectivity index is 1.71. The Bertz CT molecular complexity index is 1410. The van der Waals surface area contributed by atoms with Crippen LogP contribution in [-0.4, -0.2) is 21.8 Å². The van der Waals surface area contributed by atoms with E-state index in [-0.39, 0.29) is 16.9 Å². The van der Waals surface area contributed by atoms with Crippen LogP contribution in [0.1, 0.15) is 29.7 Å². The third-order valence-corrected chi connectivity index (χ3v) is 6.75. The lowest BCUT2D eigenvalue weighted by molar-refractivity contribution is -0.132. The molecule has 0 radical (unpaired) electrons. The van der Waals surface area contributed by atoms with Gasteiger partial charge in [-0.1, -0.05) is 54.7 Å². The van der Waals surface area contributed by atoms with Gasteiger partial charge in [-0.15, -0.1) is 0 Å². The number of halogens is 1. The summed E-state index contributed by atoms with van der Waals surface area (Å²) < 4.78 is 14.3. The summed E-state index contributed by atoms with van der Waals surface area (Å²) in [4.78, 5) is 32.4. The fourth-order valence-electron chi connectivity index (χ4n) is 4.02. The Kier molecular flexibility index (Phi) is 5.26. The summed E-state index contributed by atoms with van der Waals surface area (Å²) in [6.07, 6.45) is 0.870. The summed E-state index contributed by atoms with van der Waals surface area (Å²) >= 11 is 1.33. The lowest BCUT2D eigenvalue weighted by Crippen LogP contribution is -2.29. The van der Waals surface area contributed by atoms with Gasteiger partial charge >= 0.3 is 5.91 Å². The van der Waals surface area contributed by atoms with Crippen LogP contribution in [0.4, 0.5) is 9.52 Å². The quantitative estimate of drug-likeness (QED) is 0.245. The largest absolute Gasteiger partial charge is 0.507 e. The van der Waals surface area contributed by atoms with E-state index in [1.807, 2.05) is 24.3 Å². The molecule has 4 aromatic rings. The number of ketones is 1. The van der Waals surface area contributed by atoms with Crippen LogP contribution in [0, 0.1) is 5.82 Å². The molecule has 33 heavy (non-hydrogen) atoms. The van der Waals surface area contributed by atoms with E-state index in [2.05, 4.69) is 11.9 Å². The van der Waals surface area contributed by atoms with Crippen LogP contribution < -0.4 is 4.90 Å². The van der Waals surface area contributed by atoms with Crippen molar-refractivity contribution in [3.63, 3.8) is 0 Å². The fourth-order valence-corrected chi connectivity index (χ4v) is 5.08. The van der Waals surface area contributed by atoms with Crippen LogP contribution in [0.15, 0.2) is 78.4 Å². The molecule has 1 aromatic heterocycles. The molecule has 1 amide bonds. The van der Waals surface area contributed by atoms with E-state index >= 15 is 0 Å². The van der Waals surface area contributed by atoms with Crippen molar-refractivity contribution >= 4 is 44.1 Å². The van der Waals surface area contributed by atoms with Crippen molar-refractivity contribution in [2.24, 2.45) is 0 Å². The van der Waals surface area contributed by atoms with Gasteiger partial charge in [0.15, 0.2) is 5.13 Å². The lowest BCUT2D eigenvalue weighted by Gasteiger charge is -2.22. The molecule has 5 nitrogen and oxygen atoms in total. The maximum atomic E-state index is 13.4. The lowest BCUT2D eigenvalue weighted by atomic mass is 9.95. The molecule has 0 aliphatic carbocycles.